The Bertz CT molecular complexity index is 868. The van der Waals surface area contributed by atoms with Gasteiger partial charge in [0.25, 0.3) is 0 Å². The Kier molecular flexibility index (Phi) is 4.75. The van der Waals surface area contributed by atoms with E-state index < -0.39 is 0 Å². The number of nitrogens with zero attached hydrogens (tertiary/aromatic N) is 1. The third-order valence-electron chi connectivity index (χ3n) is 4.88. The van der Waals surface area contributed by atoms with Gasteiger partial charge in [-0.2, -0.15) is 0 Å². The molecule has 0 spiro atoms. The summed E-state index contributed by atoms with van der Waals surface area (Å²) in [6.45, 7) is 5.63. The van der Waals surface area contributed by atoms with E-state index in [1.165, 1.54) is 6.08 Å². The van der Waals surface area contributed by atoms with Crippen LogP contribution in [0.4, 0.5) is 5.82 Å². The Morgan fingerprint density at radius 2 is 2.12 bits per heavy atom. The Hall–Kier alpha value is -3.15. The lowest BCUT2D eigenvalue weighted by molar-refractivity contribution is -0.128. The van der Waals surface area contributed by atoms with Crippen LogP contribution in [0.1, 0.15) is 42.6 Å². The molecule has 0 saturated carbocycles. The van der Waals surface area contributed by atoms with Crippen LogP contribution in [0.2, 0.25) is 0 Å². The van der Waals surface area contributed by atoms with Gasteiger partial charge in [-0.3, -0.25) is 4.79 Å². The number of benzene rings is 1. The highest BCUT2D eigenvalue weighted by Crippen LogP contribution is 2.37. The number of H-pyrrole nitrogens is 1. The third-order valence-corrected chi connectivity index (χ3v) is 4.88. The number of amides is 1. The Balaban J connectivity index is 1.92. The zero-order valence-corrected chi connectivity index (χ0v) is 14.8. The quantitative estimate of drug-likeness (QED) is 0.634. The lowest BCUT2D eigenvalue weighted by Gasteiger charge is -2.26. The van der Waals surface area contributed by atoms with Crippen molar-refractivity contribution in [1.82, 2.24) is 9.88 Å². The van der Waals surface area contributed by atoms with Crippen LogP contribution in [0.15, 0.2) is 43.0 Å². The van der Waals surface area contributed by atoms with Crippen LogP contribution >= 0.6 is 0 Å². The van der Waals surface area contributed by atoms with Crippen molar-refractivity contribution in [1.29, 1.82) is 0 Å². The number of aromatic hydroxyl groups is 1. The van der Waals surface area contributed by atoms with Crippen molar-refractivity contribution < 1.29 is 9.90 Å². The fourth-order valence-corrected chi connectivity index (χ4v) is 3.54. The van der Waals surface area contributed by atoms with Gasteiger partial charge in [0.05, 0.1) is 6.04 Å². The SMILES string of the molecule is C=CC(=O)N1C(C)CCC1c1cc(/C=C(\N)c2ccccc2O)c(N)[nH]1. The van der Waals surface area contributed by atoms with Crippen molar-refractivity contribution in [2.75, 3.05) is 5.73 Å². The maximum atomic E-state index is 12.2. The van der Waals surface area contributed by atoms with Crippen LogP contribution in [-0.2, 0) is 4.79 Å². The molecular formula is C20H24N4O2. The molecule has 0 aliphatic carbocycles. The van der Waals surface area contributed by atoms with E-state index in [0.717, 1.165) is 24.1 Å². The van der Waals surface area contributed by atoms with Crippen LogP contribution in [0.5, 0.6) is 5.75 Å². The van der Waals surface area contributed by atoms with Gasteiger partial charge >= 0.3 is 0 Å². The number of nitrogens with two attached hydrogens (primary N) is 2. The van der Waals surface area contributed by atoms with E-state index in [0.29, 0.717) is 17.1 Å². The summed E-state index contributed by atoms with van der Waals surface area (Å²) >= 11 is 0. The summed E-state index contributed by atoms with van der Waals surface area (Å²) in [5.41, 5.74) is 14.8. The minimum Gasteiger partial charge on any atom is -0.507 e. The molecule has 1 aromatic carbocycles. The standard InChI is InChI=1S/C20H24N4O2/c1-3-19(26)24-12(2)8-9-17(24)16-11-13(20(22)23-16)10-15(21)14-6-4-5-7-18(14)25/h3-7,10-12,17,23,25H,1,8-9,21-22H2,2H3/b15-10-. The topological polar surface area (TPSA) is 108 Å². The monoisotopic (exact) mass is 352 g/mol. The maximum Gasteiger partial charge on any atom is 0.246 e. The first-order valence-electron chi connectivity index (χ1n) is 8.61. The summed E-state index contributed by atoms with van der Waals surface area (Å²) in [6.07, 6.45) is 4.85. The highest BCUT2D eigenvalue weighted by Gasteiger charge is 2.35. The number of phenols is 1. The molecule has 26 heavy (non-hydrogen) atoms. The number of anilines is 1. The zero-order chi connectivity index (χ0) is 18.8. The smallest absolute Gasteiger partial charge is 0.246 e. The van der Waals surface area contributed by atoms with Crippen LogP contribution in [0.25, 0.3) is 11.8 Å². The predicted molar refractivity (Wildman–Crippen MR) is 104 cm³/mol. The van der Waals surface area contributed by atoms with E-state index in [-0.39, 0.29) is 23.7 Å². The molecule has 6 N–H and O–H groups in total. The van der Waals surface area contributed by atoms with Gasteiger partial charge in [0.1, 0.15) is 11.6 Å². The summed E-state index contributed by atoms with van der Waals surface area (Å²) in [6, 6.07) is 8.87. The number of aromatic amines is 1. The van der Waals surface area contributed by atoms with Crippen molar-refractivity contribution >= 4 is 23.5 Å². The van der Waals surface area contributed by atoms with E-state index in [9.17, 15) is 9.90 Å². The van der Waals surface area contributed by atoms with E-state index in [2.05, 4.69) is 11.6 Å². The molecule has 3 rings (SSSR count). The Morgan fingerprint density at radius 1 is 1.38 bits per heavy atom. The van der Waals surface area contributed by atoms with Crippen molar-refractivity contribution in [3.8, 4) is 5.75 Å². The van der Waals surface area contributed by atoms with Crippen LogP contribution < -0.4 is 11.5 Å². The molecule has 1 aliphatic rings. The Morgan fingerprint density at radius 3 is 2.81 bits per heavy atom. The van der Waals surface area contributed by atoms with Crippen molar-refractivity contribution in [2.24, 2.45) is 5.73 Å². The zero-order valence-electron chi connectivity index (χ0n) is 14.8. The fourth-order valence-electron chi connectivity index (χ4n) is 3.54. The first-order chi connectivity index (χ1) is 12.4. The minimum atomic E-state index is -0.0843. The normalized spacial score (nSPS) is 20.3. The molecule has 2 atom stereocenters. The highest BCUT2D eigenvalue weighted by molar-refractivity contribution is 5.88. The van der Waals surface area contributed by atoms with Crippen LogP contribution in [0, 0.1) is 0 Å². The number of nitrogen functional groups attached to an aromatic ring is 1. The number of phenolic OH excluding ortho intramolecular Hbond substituents is 1. The molecular weight excluding hydrogens is 328 g/mol. The third kappa shape index (κ3) is 3.18. The molecule has 2 heterocycles. The number of carbonyl (C=O) groups is 1. The number of carbonyl (C=O) groups excluding carboxylic acids is 1. The molecule has 1 fully saturated rings. The van der Waals surface area contributed by atoms with Gasteiger partial charge in [0, 0.05) is 28.6 Å². The number of para-hydroxylation sites is 1. The summed E-state index contributed by atoms with van der Waals surface area (Å²) in [4.78, 5) is 17.2. The van der Waals surface area contributed by atoms with Crippen LogP contribution in [-0.4, -0.2) is 26.9 Å². The molecule has 1 aliphatic heterocycles. The van der Waals surface area contributed by atoms with E-state index in [1.54, 1.807) is 30.3 Å². The molecule has 1 aromatic heterocycles. The maximum absolute atomic E-state index is 12.2. The number of rotatable bonds is 4. The summed E-state index contributed by atoms with van der Waals surface area (Å²) in [5, 5.41) is 9.94. The van der Waals surface area contributed by atoms with Gasteiger partial charge in [-0.05, 0) is 50.1 Å². The molecule has 1 amide bonds. The molecule has 2 unspecified atom stereocenters. The fraction of sp³-hybridized carbons (Fsp3) is 0.250. The molecule has 136 valence electrons. The van der Waals surface area contributed by atoms with Gasteiger partial charge in [0.15, 0.2) is 0 Å². The average Bonchev–Trinajstić information content (AvgIpc) is 3.17. The van der Waals surface area contributed by atoms with Crippen LogP contribution in [0.3, 0.4) is 0 Å². The number of aromatic nitrogens is 1. The molecule has 6 nitrogen and oxygen atoms in total. The Labute approximate surface area is 152 Å². The minimum absolute atomic E-state index is 0.0636. The van der Waals surface area contributed by atoms with Gasteiger partial charge in [-0.1, -0.05) is 18.7 Å². The number of likely N-dealkylation sites (tertiary alicyclic amines) is 1. The second kappa shape index (κ2) is 7.00. The number of hydrogen-bond acceptors (Lipinski definition) is 4. The van der Waals surface area contributed by atoms with Crippen molar-refractivity contribution in [3.05, 3.63) is 59.8 Å². The summed E-state index contributed by atoms with van der Waals surface area (Å²) < 4.78 is 0. The highest BCUT2D eigenvalue weighted by atomic mass is 16.3. The molecule has 6 heteroatoms. The second-order valence-electron chi connectivity index (χ2n) is 6.60. The first-order valence-corrected chi connectivity index (χ1v) is 8.61. The largest absolute Gasteiger partial charge is 0.507 e. The lowest BCUT2D eigenvalue weighted by atomic mass is 10.1. The van der Waals surface area contributed by atoms with Gasteiger partial charge < -0.3 is 26.5 Å². The molecule has 2 aromatic rings. The predicted octanol–water partition coefficient (Wildman–Crippen LogP) is 3.00. The van der Waals surface area contributed by atoms with E-state index >= 15 is 0 Å². The van der Waals surface area contributed by atoms with Crippen molar-refractivity contribution in [2.45, 2.75) is 31.8 Å². The van der Waals surface area contributed by atoms with E-state index in [4.69, 9.17) is 11.5 Å². The average molecular weight is 352 g/mol. The second-order valence-corrected chi connectivity index (χ2v) is 6.60. The lowest BCUT2D eigenvalue weighted by Crippen LogP contribution is -2.34. The van der Waals surface area contributed by atoms with Gasteiger partial charge in [-0.25, -0.2) is 0 Å². The molecule has 0 radical (unpaired) electrons. The summed E-state index contributed by atoms with van der Waals surface area (Å²) in [5.74, 6) is 0.505. The molecule has 0 bridgehead atoms. The van der Waals surface area contributed by atoms with E-state index in [1.807, 2.05) is 17.9 Å². The van der Waals surface area contributed by atoms with Crippen molar-refractivity contribution in [3.63, 3.8) is 0 Å². The number of hydrogen-bond donors (Lipinski definition) is 4. The number of nitrogens with one attached hydrogen (secondary N) is 1. The van der Waals surface area contributed by atoms with Gasteiger partial charge in [-0.15, -0.1) is 0 Å². The molecule has 1 saturated heterocycles. The first kappa shape index (κ1) is 17.7. The van der Waals surface area contributed by atoms with Gasteiger partial charge in [0.2, 0.25) is 5.91 Å². The summed E-state index contributed by atoms with van der Waals surface area (Å²) in [7, 11) is 0.